The number of halogens is 3. The fourth-order valence-electron chi connectivity index (χ4n) is 0. The molecule has 36 valence electrons. The van der Waals surface area contributed by atoms with Crippen LogP contribution in [0.3, 0.4) is 0 Å². The highest BCUT2D eigenvalue weighted by Gasteiger charge is 1.82. The monoisotopic (exact) mass is 372 g/mol. The van der Waals surface area contributed by atoms with Gasteiger partial charge in [-0.05, 0) is 68.0 Å². The molecule has 0 N–H and O–H groups in total. The van der Waals surface area contributed by atoms with Gasteiger partial charge in [-0.2, -0.15) is 0 Å². The highest BCUT2D eigenvalue weighted by Crippen LogP contribution is 2.23. The molecule has 0 amide bonds. The van der Waals surface area contributed by atoms with Crippen LogP contribution in [0.2, 0.25) is 0 Å². The standard InChI is InChI=1S/C3H3BrI2/c1-2(5)3(4)6/h1H3/b3-2+. The van der Waals surface area contributed by atoms with Crippen molar-refractivity contribution in [1.82, 2.24) is 0 Å². The molecule has 0 bridgehead atoms. The Hall–Kier alpha value is 1.68. The average molecular weight is 373 g/mol. The van der Waals surface area contributed by atoms with Gasteiger partial charge in [-0.15, -0.1) is 0 Å². The topological polar surface area (TPSA) is 0 Å². The van der Waals surface area contributed by atoms with Crippen LogP contribution in [0.5, 0.6) is 0 Å². The Morgan fingerprint density at radius 3 is 1.67 bits per heavy atom. The molecule has 0 aliphatic rings. The first-order chi connectivity index (χ1) is 2.64. The van der Waals surface area contributed by atoms with E-state index in [-0.39, 0.29) is 0 Å². The van der Waals surface area contributed by atoms with Crippen molar-refractivity contribution in [2.75, 3.05) is 0 Å². The summed E-state index contributed by atoms with van der Waals surface area (Å²) in [7, 11) is 0. The lowest BCUT2D eigenvalue weighted by atomic mass is 10.8. The van der Waals surface area contributed by atoms with Gasteiger partial charge in [0.25, 0.3) is 0 Å². The number of hydrogen-bond donors (Lipinski definition) is 0. The van der Waals surface area contributed by atoms with Crippen molar-refractivity contribution in [2.45, 2.75) is 6.92 Å². The lowest BCUT2D eigenvalue weighted by Gasteiger charge is -1.80. The molecule has 0 nitrogen and oxygen atoms in total. The zero-order valence-corrected chi connectivity index (χ0v) is 9.03. The van der Waals surface area contributed by atoms with E-state index in [1.54, 1.807) is 0 Å². The van der Waals surface area contributed by atoms with Crippen LogP contribution in [0.4, 0.5) is 0 Å². The van der Waals surface area contributed by atoms with Crippen LogP contribution in [0.1, 0.15) is 6.92 Å². The summed E-state index contributed by atoms with van der Waals surface area (Å²) in [5, 5.41) is 0. The van der Waals surface area contributed by atoms with Gasteiger partial charge in [-0.1, -0.05) is 0 Å². The molecule has 3 heteroatoms. The number of allylic oxidation sites excluding steroid dienone is 1. The minimum atomic E-state index is 1.20. The molecule has 0 unspecified atom stereocenters. The second-order valence-electron chi connectivity index (χ2n) is 0.794. The maximum absolute atomic E-state index is 3.30. The Labute approximate surface area is 73.2 Å². The van der Waals surface area contributed by atoms with Gasteiger partial charge < -0.3 is 0 Å². The summed E-state index contributed by atoms with van der Waals surface area (Å²) in [6, 6.07) is 0. The summed E-state index contributed by atoms with van der Waals surface area (Å²) in [6.45, 7) is 2.05. The Bertz CT molecular complexity index is 58.9. The van der Waals surface area contributed by atoms with E-state index in [1.165, 1.54) is 6.07 Å². The van der Waals surface area contributed by atoms with Gasteiger partial charge in [-0.25, -0.2) is 0 Å². The maximum Gasteiger partial charge on any atom is 0.0648 e. The first-order valence-corrected chi connectivity index (χ1v) is 4.27. The molecule has 0 spiro atoms. The van der Waals surface area contributed by atoms with Crippen molar-refractivity contribution in [3.05, 3.63) is 6.07 Å². The molecule has 0 aliphatic carbocycles. The lowest BCUT2D eigenvalue weighted by Crippen LogP contribution is -1.50. The molecule has 0 rings (SSSR count). The largest absolute Gasteiger partial charge is 0.0648 e. The highest BCUT2D eigenvalue weighted by atomic mass is 127. The average Bonchev–Trinajstić information content (AvgIpc) is 1.36. The first kappa shape index (κ1) is 7.68. The minimum Gasteiger partial charge on any atom is -0.0477 e. The molecule has 0 fully saturated rings. The van der Waals surface area contributed by atoms with Crippen molar-refractivity contribution in [2.24, 2.45) is 0 Å². The highest BCUT2D eigenvalue weighted by molar-refractivity contribution is 14.1. The van der Waals surface area contributed by atoms with E-state index in [9.17, 15) is 0 Å². The molecule has 0 aromatic heterocycles. The minimum absolute atomic E-state index is 1.20. The van der Waals surface area contributed by atoms with E-state index in [4.69, 9.17) is 0 Å². The summed E-state index contributed by atoms with van der Waals surface area (Å²) in [6.07, 6.45) is 0. The van der Waals surface area contributed by atoms with Crippen LogP contribution in [0.15, 0.2) is 6.07 Å². The predicted molar refractivity (Wildman–Crippen MR) is 49.7 cm³/mol. The number of rotatable bonds is 0. The predicted octanol–water partition coefficient (Wildman–Crippen LogP) is 3.44. The molecule has 0 radical (unpaired) electrons. The van der Waals surface area contributed by atoms with E-state index in [0.717, 1.165) is 0 Å². The van der Waals surface area contributed by atoms with Gasteiger partial charge in [0, 0.05) is 3.58 Å². The molecule has 0 saturated carbocycles. The zero-order valence-electron chi connectivity index (χ0n) is 3.13. The molecular weight excluding hydrogens is 370 g/mol. The molecule has 0 aliphatic heterocycles. The van der Waals surface area contributed by atoms with Crippen molar-refractivity contribution in [1.29, 1.82) is 0 Å². The lowest BCUT2D eigenvalue weighted by molar-refractivity contribution is 1.76. The van der Waals surface area contributed by atoms with Crippen molar-refractivity contribution in [3.8, 4) is 0 Å². The van der Waals surface area contributed by atoms with Crippen molar-refractivity contribution in [3.63, 3.8) is 0 Å². The van der Waals surface area contributed by atoms with Crippen LogP contribution in [0.25, 0.3) is 0 Å². The molecule has 0 heterocycles. The quantitative estimate of drug-likeness (QED) is 0.571. The summed E-state index contributed by atoms with van der Waals surface area (Å²) >= 11 is 7.78. The van der Waals surface area contributed by atoms with Crippen LogP contribution in [-0.2, 0) is 0 Å². The fourth-order valence-corrected chi connectivity index (χ4v) is 0. The fraction of sp³-hybridized carbons (Fsp3) is 0.333. The van der Waals surface area contributed by atoms with Gasteiger partial charge in [0.1, 0.15) is 0 Å². The summed E-state index contributed by atoms with van der Waals surface area (Å²) in [5.41, 5.74) is 0. The van der Waals surface area contributed by atoms with Gasteiger partial charge >= 0.3 is 0 Å². The number of hydrogen-bond acceptors (Lipinski definition) is 0. The third-order valence-electron chi connectivity index (χ3n) is 0.260. The van der Waals surface area contributed by atoms with E-state index in [0.29, 0.717) is 0 Å². The smallest absolute Gasteiger partial charge is 0.0477 e. The third kappa shape index (κ3) is 3.86. The van der Waals surface area contributed by atoms with Gasteiger partial charge in [0.2, 0.25) is 0 Å². The normalized spacial score (nSPS) is 14.0. The van der Waals surface area contributed by atoms with Crippen LogP contribution in [-0.4, -0.2) is 0 Å². The van der Waals surface area contributed by atoms with Crippen molar-refractivity contribution >= 4 is 61.1 Å². The third-order valence-corrected chi connectivity index (χ3v) is 3.98. The first-order valence-electron chi connectivity index (χ1n) is 1.32. The van der Waals surface area contributed by atoms with E-state index in [2.05, 4.69) is 68.0 Å². The van der Waals surface area contributed by atoms with Gasteiger partial charge in [0.15, 0.2) is 0 Å². The second kappa shape index (κ2) is 3.65. The summed E-state index contributed by atoms with van der Waals surface area (Å²) < 4.78 is 2.49. The Morgan fingerprint density at radius 2 is 1.67 bits per heavy atom. The molecular formula is C3H3BrI2. The molecule has 0 saturated heterocycles. The van der Waals surface area contributed by atoms with Gasteiger partial charge in [0.05, 0.1) is 2.49 Å². The van der Waals surface area contributed by atoms with E-state index in [1.807, 2.05) is 0 Å². The summed E-state index contributed by atoms with van der Waals surface area (Å²) in [4.78, 5) is 0. The van der Waals surface area contributed by atoms with Crippen molar-refractivity contribution < 1.29 is 0 Å². The van der Waals surface area contributed by atoms with Crippen LogP contribution in [0, 0.1) is 0 Å². The molecule has 0 aromatic carbocycles. The Kier molecular flexibility index (Phi) is 4.68. The van der Waals surface area contributed by atoms with Gasteiger partial charge in [-0.3, -0.25) is 0 Å². The van der Waals surface area contributed by atoms with E-state index >= 15 is 0 Å². The molecule has 0 atom stereocenters. The SMILES string of the molecule is C/C(I)=C(/Br)I. The van der Waals surface area contributed by atoms with Crippen LogP contribution < -0.4 is 0 Å². The van der Waals surface area contributed by atoms with Crippen LogP contribution >= 0.6 is 61.1 Å². The Morgan fingerprint density at radius 1 is 1.50 bits per heavy atom. The molecule has 6 heavy (non-hydrogen) atoms. The zero-order chi connectivity index (χ0) is 5.15. The maximum atomic E-state index is 3.30. The summed E-state index contributed by atoms with van der Waals surface area (Å²) in [5.74, 6) is 0. The Balaban J connectivity index is 3.68. The second-order valence-corrected chi connectivity index (χ2v) is 5.77. The molecule has 0 aromatic rings. The van der Waals surface area contributed by atoms with E-state index < -0.39 is 0 Å².